The number of rotatable bonds is 4. The average molecular weight is 304 g/mol. The van der Waals surface area contributed by atoms with Crippen molar-refractivity contribution in [2.75, 3.05) is 11.9 Å². The summed E-state index contributed by atoms with van der Waals surface area (Å²) in [6, 6.07) is 3.85. The highest BCUT2D eigenvalue weighted by Gasteiger charge is 2.34. The van der Waals surface area contributed by atoms with Gasteiger partial charge in [-0.25, -0.2) is 4.79 Å². The summed E-state index contributed by atoms with van der Waals surface area (Å²) in [7, 11) is 0. The fourth-order valence-corrected chi connectivity index (χ4v) is 1.84. The minimum atomic E-state index is -4.54. The third-order valence-electron chi connectivity index (χ3n) is 2.82. The van der Waals surface area contributed by atoms with Crippen LogP contribution in [0.25, 0.3) is 0 Å². The molecule has 0 heterocycles. The van der Waals surface area contributed by atoms with E-state index in [4.69, 9.17) is 0 Å². The van der Waals surface area contributed by atoms with Gasteiger partial charge in [0.15, 0.2) is 0 Å². The molecule has 4 nitrogen and oxygen atoms in total. The lowest BCUT2D eigenvalue weighted by Crippen LogP contribution is -2.44. The first-order valence-corrected chi connectivity index (χ1v) is 6.54. The first-order chi connectivity index (χ1) is 9.62. The van der Waals surface area contributed by atoms with E-state index in [0.29, 0.717) is 0 Å². The Kier molecular flexibility index (Phi) is 5.60. The third-order valence-corrected chi connectivity index (χ3v) is 2.82. The molecule has 1 aromatic carbocycles. The highest BCUT2D eigenvalue weighted by molar-refractivity contribution is 5.90. The van der Waals surface area contributed by atoms with E-state index in [2.05, 4.69) is 5.32 Å². The lowest BCUT2D eigenvalue weighted by molar-refractivity contribution is -0.136. The summed E-state index contributed by atoms with van der Waals surface area (Å²) < 4.78 is 38.6. The maximum Gasteiger partial charge on any atom is 0.418 e. The number of benzene rings is 1. The Hall–Kier alpha value is -1.76. The molecule has 0 spiro atoms. The van der Waals surface area contributed by atoms with Crippen LogP contribution >= 0.6 is 0 Å². The molecule has 1 rings (SSSR count). The topological polar surface area (TPSA) is 52.6 Å². The van der Waals surface area contributed by atoms with E-state index >= 15 is 0 Å². The summed E-state index contributed by atoms with van der Waals surface area (Å²) in [5.74, 6) is 0. The molecule has 0 aliphatic rings. The van der Waals surface area contributed by atoms with Crippen molar-refractivity contribution >= 4 is 11.7 Å². The van der Waals surface area contributed by atoms with Crippen LogP contribution in [0.1, 0.15) is 26.3 Å². The molecule has 118 valence electrons. The molecule has 2 amide bonds. The van der Waals surface area contributed by atoms with Crippen molar-refractivity contribution in [3.05, 3.63) is 29.8 Å². The van der Waals surface area contributed by atoms with Crippen LogP contribution in [0, 0.1) is 0 Å². The Balaban J connectivity index is 2.97. The van der Waals surface area contributed by atoms with Gasteiger partial charge in [0.25, 0.3) is 0 Å². The van der Waals surface area contributed by atoms with Gasteiger partial charge < -0.3 is 15.3 Å². The molecular formula is C14H19F3N2O2. The summed E-state index contributed by atoms with van der Waals surface area (Å²) >= 11 is 0. The summed E-state index contributed by atoms with van der Waals surface area (Å²) in [4.78, 5) is 13.4. The van der Waals surface area contributed by atoms with Crippen molar-refractivity contribution in [2.45, 2.75) is 39.1 Å². The zero-order chi connectivity index (χ0) is 16.2. The predicted octanol–water partition coefficient (Wildman–Crippen LogP) is 3.33. The molecular weight excluding hydrogens is 285 g/mol. The molecule has 2 N–H and O–H groups in total. The number of nitrogens with zero attached hydrogens (tertiary/aromatic N) is 1. The fourth-order valence-electron chi connectivity index (χ4n) is 1.84. The molecule has 0 saturated carbocycles. The fraction of sp³-hybridized carbons (Fsp3) is 0.500. The molecule has 0 aliphatic carbocycles. The van der Waals surface area contributed by atoms with E-state index in [1.165, 1.54) is 30.0 Å². The van der Waals surface area contributed by atoms with Crippen LogP contribution in [0.2, 0.25) is 0 Å². The Morgan fingerprint density at radius 2 is 1.86 bits per heavy atom. The molecule has 21 heavy (non-hydrogen) atoms. The number of aliphatic hydroxyl groups is 1. The second-order valence-corrected chi connectivity index (χ2v) is 5.07. The minimum Gasteiger partial charge on any atom is -0.392 e. The number of nitrogens with one attached hydrogen (secondary N) is 1. The molecule has 1 unspecified atom stereocenters. The monoisotopic (exact) mass is 304 g/mol. The number of halogens is 3. The van der Waals surface area contributed by atoms with Crippen molar-refractivity contribution < 1.29 is 23.1 Å². The molecule has 0 aliphatic heterocycles. The standard InChI is InChI=1S/C14H19F3N2O2/c1-9(2)19(8-10(3)20)13(21)18-12-7-5-4-6-11(12)14(15,16)17/h4-7,9-10,20H,8H2,1-3H3,(H,18,21). The van der Waals surface area contributed by atoms with Gasteiger partial charge >= 0.3 is 12.2 Å². The zero-order valence-electron chi connectivity index (χ0n) is 12.1. The highest BCUT2D eigenvalue weighted by Crippen LogP contribution is 2.34. The van der Waals surface area contributed by atoms with Gasteiger partial charge in [-0.15, -0.1) is 0 Å². The van der Waals surface area contributed by atoms with E-state index in [1.54, 1.807) is 13.8 Å². The van der Waals surface area contributed by atoms with Crippen LogP contribution in [0.3, 0.4) is 0 Å². The SMILES string of the molecule is CC(O)CN(C(=O)Nc1ccccc1C(F)(F)F)C(C)C. The van der Waals surface area contributed by atoms with Gasteiger partial charge in [-0.3, -0.25) is 0 Å². The summed E-state index contributed by atoms with van der Waals surface area (Å²) in [5.41, 5.74) is -1.20. The number of amides is 2. The number of carbonyl (C=O) groups is 1. The lowest BCUT2D eigenvalue weighted by Gasteiger charge is -2.28. The summed E-state index contributed by atoms with van der Waals surface area (Å²) in [5, 5.41) is 11.6. The van der Waals surface area contributed by atoms with E-state index in [-0.39, 0.29) is 18.3 Å². The average Bonchev–Trinajstić information content (AvgIpc) is 2.34. The third kappa shape index (κ3) is 4.93. The van der Waals surface area contributed by atoms with Crippen molar-refractivity contribution in [1.82, 2.24) is 4.90 Å². The van der Waals surface area contributed by atoms with E-state index in [1.807, 2.05) is 0 Å². The normalized spacial score (nSPS) is 13.1. The number of alkyl halides is 3. The lowest BCUT2D eigenvalue weighted by atomic mass is 10.1. The molecule has 1 aromatic rings. The first kappa shape index (κ1) is 17.3. The van der Waals surface area contributed by atoms with Crippen molar-refractivity contribution in [3.8, 4) is 0 Å². The number of para-hydroxylation sites is 1. The summed E-state index contributed by atoms with van der Waals surface area (Å²) in [6.45, 7) is 4.99. The van der Waals surface area contributed by atoms with Gasteiger partial charge in [0.2, 0.25) is 0 Å². The number of hydrogen-bond donors (Lipinski definition) is 2. The molecule has 1 atom stereocenters. The van der Waals surface area contributed by atoms with Crippen molar-refractivity contribution in [3.63, 3.8) is 0 Å². The second kappa shape index (κ2) is 6.80. The molecule has 0 fully saturated rings. The maximum absolute atomic E-state index is 12.9. The van der Waals surface area contributed by atoms with Gasteiger partial charge in [0.1, 0.15) is 0 Å². The molecule has 0 aromatic heterocycles. The molecule has 7 heteroatoms. The largest absolute Gasteiger partial charge is 0.418 e. The van der Waals surface area contributed by atoms with Crippen molar-refractivity contribution in [1.29, 1.82) is 0 Å². The number of urea groups is 1. The van der Waals surface area contributed by atoms with Crippen LogP contribution < -0.4 is 5.32 Å². The van der Waals surface area contributed by atoms with Crippen molar-refractivity contribution in [2.24, 2.45) is 0 Å². The maximum atomic E-state index is 12.9. The zero-order valence-corrected chi connectivity index (χ0v) is 12.1. The van der Waals surface area contributed by atoms with E-state index < -0.39 is 23.9 Å². The Morgan fingerprint density at radius 3 is 2.33 bits per heavy atom. The van der Waals surface area contributed by atoms with Gasteiger partial charge in [-0.2, -0.15) is 13.2 Å². The number of hydrogen-bond acceptors (Lipinski definition) is 2. The van der Waals surface area contributed by atoms with Crippen LogP contribution in [-0.4, -0.2) is 34.7 Å². The van der Waals surface area contributed by atoms with Crippen LogP contribution in [0.5, 0.6) is 0 Å². The number of aliphatic hydroxyl groups excluding tert-OH is 1. The van der Waals surface area contributed by atoms with E-state index in [9.17, 15) is 23.1 Å². The van der Waals surface area contributed by atoms with Gasteiger partial charge in [0, 0.05) is 12.6 Å². The van der Waals surface area contributed by atoms with Crippen LogP contribution in [-0.2, 0) is 6.18 Å². The smallest absolute Gasteiger partial charge is 0.392 e. The molecule has 0 saturated heterocycles. The first-order valence-electron chi connectivity index (χ1n) is 6.54. The van der Waals surface area contributed by atoms with Gasteiger partial charge in [-0.1, -0.05) is 12.1 Å². The minimum absolute atomic E-state index is 0.0394. The Morgan fingerprint density at radius 1 is 1.29 bits per heavy atom. The Bertz CT molecular complexity index is 487. The van der Waals surface area contributed by atoms with Gasteiger partial charge in [-0.05, 0) is 32.9 Å². The number of carbonyl (C=O) groups excluding carboxylic acids is 1. The van der Waals surface area contributed by atoms with Crippen LogP contribution in [0.4, 0.5) is 23.7 Å². The van der Waals surface area contributed by atoms with Gasteiger partial charge in [0.05, 0.1) is 17.4 Å². The molecule has 0 bridgehead atoms. The Labute approximate surface area is 121 Å². The number of anilines is 1. The van der Waals surface area contributed by atoms with E-state index in [0.717, 1.165) is 6.07 Å². The molecule has 0 radical (unpaired) electrons. The van der Waals surface area contributed by atoms with Crippen LogP contribution in [0.15, 0.2) is 24.3 Å². The predicted molar refractivity (Wildman–Crippen MR) is 74.0 cm³/mol. The highest BCUT2D eigenvalue weighted by atomic mass is 19.4. The summed E-state index contributed by atoms with van der Waals surface area (Å²) in [6.07, 6.45) is -5.31. The second-order valence-electron chi connectivity index (χ2n) is 5.07. The quantitative estimate of drug-likeness (QED) is 0.896.